The van der Waals surface area contributed by atoms with Gasteiger partial charge in [-0.05, 0) is 30.3 Å². The molecule has 7 heteroatoms. The van der Waals surface area contributed by atoms with E-state index in [2.05, 4.69) is 19.6 Å². The average Bonchev–Trinajstić information content (AvgIpc) is 3.37. The van der Waals surface area contributed by atoms with Crippen molar-refractivity contribution in [2.75, 3.05) is 11.4 Å². The minimum Gasteiger partial charge on any atom is -0.308 e. The molecule has 7 nitrogen and oxygen atoms in total. The molecule has 1 aromatic carbocycles. The summed E-state index contributed by atoms with van der Waals surface area (Å²) in [5.74, 6) is 0.528. The molecule has 0 atom stereocenters. The Morgan fingerprint density at radius 3 is 2.84 bits per heavy atom. The number of fused-ring (bicyclic) bond motifs is 3. The fourth-order valence-corrected chi connectivity index (χ4v) is 3.22. The van der Waals surface area contributed by atoms with Crippen LogP contribution < -0.4 is 4.90 Å². The van der Waals surface area contributed by atoms with Crippen molar-refractivity contribution in [3.63, 3.8) is 0 Å². The number of carbonyl (C=O) groups excluding carboxylic acids is 1. The first-order chi connectivity index (χ1) is 12.3. The third-order valence-corrected chi connectivity index (χ3v) is 4.40. The Kier molecular flexibility index (Phi) is 2.93. The predicted molar refractivity (Wildman–Crippen MR) is 92.8 cm³/mol. The van der Waals surface area contributed by atoms with Crippen LogP contribution in [0.3, 0.4) is 0 Å². The molecule has 122 valence electrons. The highest BCUT2D eigenvalue weighted by atomic mass is 16.2. The monoisotopic (exact) mass is 330 g/mol. The molecule has 0 bridgehead atoms. The van der Waals surface area contributed by atoms with Gasteiger partial charge in [0.1, 0.15) is 5.69 Å². The SMILES string of the molecule is O=C(c1cc(-n2cccn2)ccn1)N1CCn2c1nc1ccccc12. The molecule has 4 heterocycles. The van der Waals surface area contributed by atoms with E-state index < -0.39 is 0 Å². The van der Waals surface area contributed by atoms with Gasteiger partial charge in [-0.15, -0.1) is 0 Å². The van der Waals surface area contributed by atoms with Crippen molar-refractivity contribution in [1.29, 1.82) is 0 Å². The van der Waals surface area contributed by atoms with Gasteiger partial charge in [0.05, 0.1) is 16.7 Å². The Morgan fingerprint density at radius 2 is 1.96 bits per heavy atom. The maximum atomic E-state index is 13.0. The number of para-hydroxylation sites is 2. The highest BCUT2D eigenvalue weighted by Crippen LogP contribution is 2.28. The summed E-state index contributed by atoms with van der Waals surface area (Å²) in [7, 11) is 0. The summed E-state index contributed by atoms with van der Waals surface area (Å²) in [6, 6.07) is 13.3. The lowest BCUT2D eigenvalue weighted by Crippen LogP contribution is -2.30. The summed E-state index contributed by atoms with van der Waals surface area (Å²) < 4.78 is 3.78. The predicted octanol–water partition coefficient (Wildman–Crippen LogP) is 2.28. The molecular formula is C18H14N6O. The Labute approximate surface area is 143 Å². The van der Waals surface area contributed by atoms with Crippen LogP contribution in [0.4, 0.5) is 5.95 Å². The lowest BCUT2D eigenvalue weighted by molar-refractivity contribution is 0.0984. The number of hydrogen-bond donors (Lipinski definition) is 0. The fraction of sp³-hybridized carbons (Fsp3) is 0.111. The van der Waals surface area contributed by atoms with Crippen LogP contribution in [0.5, 0.6) is 0 Å². The molecule has 0 unspecified atom stereocenters. The number of pyridine rings is 1. The third kappa shape index (κ3) is 2.13. The van der Waals surface area contributed by atoms with Gasteiger partial charge >= 0.3 is 0 Å². The zero-order chi connectivity index (χ0) is 16.8. The first kappa shape index (κ1) is 13.9. The first-order valence-corrected chi connectivity index (χ1v) is 8.04. The summed E-state index contributed by atoms with van der Waals surface area (Å²) in [6.07, 6.45) is 5.16. The van der Waals surface area contributed by atoms with Gasteiger partial charge in [-0.2, -0.15) is 5.10 Å². The minimum absolute atomic E-state index is 0.150. The minimum atomic E-state index is -0.150. The van der Waals surface area contributed by atoms with E-state index in [0.717, 1.165) is 23.3 Å². The van der Waals surface area contributed by atoms with E-state index in [4.69, 9.17) is 0 Å². The van der Waals surface area contributed by atoms with Gasteiger partial charge in [0, 0.05) is 31.7 Å². The molecule has 0 saturated heterocycles. The third-order valence-electron chi connectivity index (χ3n) is 4.40. The topological polar surface area (TPSA) is 68.8 Å². The molecule has 25 heavy (non-hydrogen) atoms. The van der Waals surface area contributed by atoms with Gasteiger partial charge in [-0.25, -0.2) is 9.67 Å². The second-order valence-electron chi connectivity index (χ2n) is 5.86. The molecule has 0 aliphatic carbocycles. The van der Waals surface area contributed by atoms with E-state index in [-0.39, 0.29) is 5.91 Å². The van der Waals surface area contributed by atoms with Gasteiger partial charge < -0.3 is 4.57 Å². The van der Waals surface area contributed by atoms with Crippen LogP contribution >= 0.6 is 0 Å². The largest absolute Gasteiger partial charge is 0.308 e. The van der Waals surface area contributed by atoms with Crippen molar-refractivity contribution in [1.82, 2.24) is 24.3 Å². The van der Waals surface area contributed by atoms with Crippen LogP contribution in [-0.2, 0) is 6.54 Å². The maximum absolute atomic E-state index is 13.0. The number of amides is 1. The van der Waals surface area contributed by atoms with Gasteiger partial charge in [0.25, 0.3) is 5.91 Å². The summed E-state index contributed by atoms with van der Waals surface area (Å²) in [5, 5.41) is 4.20. The second kappa shape index (κ2) is 5.27. The van der Waals surface area contributed by atoms with Crippen molar-refractivity contribution in [3.05, 3.63) is 66.7 Å². The molecule has 3 aromatic heterocycles. The van der Waals surface area contributed by atoms with Gasteiger partial charge in [-0.3, -0.25) is 14.7 Å². The summed E-state index contributed by atoms with van der Waals surface area (Å²) >= 11 is 0. The van der Waals surface area contributed by atoms with Crippen LogP contribution in [0.1, 0.15) is 10.5 Å². The first-order valence-electron chi connectivity index (χ1n) is 8.04. The number of nitrogens with zero attached hydrogens (tertiary/aromatic N) is 6. The number of anilines is 1. The molecule has 0 fully saturated rings. The second-order valence-corrected chi connectivity index (χ2v) is 5.86. The van der Waals surface area contributed by atoms with Crippen molar-refractivity contribution < 1.29 is 4.79 Å². The van der Waals surface area contributed by atoms with Crippen molar-refractivity contribution in [3.8, 4) is 5.69 Å². The molecule has 1 amide bonds. The fourth-order valence-electron chi connectivity index (χ4n) is 3.22. The molecule has 5 rings (SSSR count). The van der Waals surface area contributed by atoms with Crippen LogP contribution in [0, 0.1) is 0 Å². The number of aromatic nitrogens is 5. The molecule has 0 spiro atoms. The van der Waals surface area contributed by atoms with Crippen LogP contribution in [0.25, 0.3) is 16.7 Å². The van der Waals surface area contributed by atoms with Crippen LogP contribution in [0.15, 0.2) is 61.1 Å². The molecule has 1 aliphatic heterocycles. The zero-order valence-corrected chi connectivity index (χ0v) is 13.3. The number of rotatable bonds is 2. The molecule has 0 radical (unpaired) electrons. The summed E-state index contributed by atoms with van der Waals surface area (Å²) in [5.41, 5.74) is 3.13. The van der Waals surface area contributed by atoms with E-state index in [9.17, 15) is 4.79 Å². The molecule has 0 saturated carbocycles. The normalized spacial score (nSPS) is 13.4. The van der Waals surface area contributed by atoms with Crippen LogP contribution in [-0.4, -0.2) is 36.8 Å². The summed E-state index contributed by atoms with van der Waals surface area (Å²) in [4.78, 5) is 23.5. The molecule has 4 aromatic rings. The smallest absolute Gasteiger partial charge is 0.279 e. The van der Waals surface area contributed by atoms with E-state index in [1.54, 1.807) is 28.0 Å². The van der Waals surface area contributed by atoms with E-state index in [0.29, 0.717) is 18.2 Å². The average molecular weight is 330 g/mol. The quantitative estimate of drug-likeness (QED) is 0.565. The molecular weight excluding hydrogens is 316 g/mol. The van der Waals surface area contributed by atoms with Crippen molar-refractivity contribution in [2.24, 2.45) is 0 Å². The van der Waals surface area contributed by atoms with Gasteiger partial charge in [0.15, 0.2) is 0 Å². The molecule has 1 aliphatic rings. The number of hydrogen-bond acceptors (Lipinski definition) is 4. The Morgan fingerprint density at radius 1 is 1.04 bits per heavy atom. The van der Waals surface area contributed by atoms with E-state index >= 15 is 0 Å². The van der Waals surface area contributed by atoms with Crippen molar-refractivity contribution >= 4 is 22.9 Å². The van der Waals surface area contributed by atoms with E-state index in [1.165, 1.54) is 0 Å². The Balaban J connectivity index is 1.53. The Bertz CT molecular complexity index is 1080. The number of imidazole rings is 1. The lowest BCUT2D eigenvalue weighted by Gasteiger charge is -2.13. The van der Waals surface area contributed by atoms with Crippen molar-refractivity contribution in [2.45, 2.75) is 6.54 Å². The zero-order valence-electron chi connectivity index (χ0n) is 13.3. The van der Waals surface area contributed by atoms with Gasteiger partial charge in [0.2, 0.25) is 5.95 Å². The van der Waals surface area contributed by atoms with Crippen LogP contribution in [0.2, 0.25) is 0 Å². The summed E-state index contributed by atoms with van der Waals surface area (Å²) in [6.45, 7) is 1.33. The highest BCUT2D eigenvalue weighted by Gasteiger charge is 2.29. The lowest BCUT2D eigenvalue weighted by atomic mass is 10.3. The Hall–Kier alpha value is -3.48. The van der Waals surface area contributed by atoms with Gasteiger partial charge in [-0.1, -0.05) is 12.1 Å². The highest BCUT2D eigenvalue weighted by molar-refractivity contribution is 6.05. The number of benzene rings is 1. The molecule has 0 N–H and O–H groups in total. The van der Waals surface area contributed by atoms with E-state index in [1.807, 2.05) is 42.6 Å². The number of carbonyl (C=O) groups is 1. The standard InChI is InChI=1S/C18H14N6O/c25-17(15-12-13(6-8-19-15)24-9-3-7-20-24)23-11-10-22-16-5-2-1-4-14(16)21-18(22)23/h1-9,12H,10-11H2. The maximum Gasteiger partial charge on any atom is 0.279 e.